The van der Waals surface area contributed by atoms with Crippen LogP contribution in [-0.2, 0) is 0 Å². The highest BCUT2D eigenvalue weighted by Gasteiger charge is 2.57. The Balaban J connectivity index is 1.23. The van der Waals surface area contributed by atoms with Crippen molar-refractivity contribution in [2.75, 3.05) is 0 Å². The van der Waals surface area contributed by atoms with Crippen LogP contribution in [0.25, 0.3) is 0 Å². The van der Waals surface area contributed by atoms with E-state index in [9.17, 15) is 0 Å². The number of rotatable bonds is 2. The first kappa shape index (κ1) is 23.1. The molecule has 7 aliphatic carbocycles. The second kappa shape index (κ2) is 10.0. The first-order valence-electron chi connectivity index (χ1n) is 16.9. The summed E-state index contributed by atoms with van der Waals surface area (Å²) in [6.07, 6.45) is 35.3. The lowest BCUT2D eigenvalue weighted by molar-refractivity contribution is -0.140. The molecule has 12 atom stereocenters. The first-order valence-corrected chi connectivity index (χ1v) is 16.9. The molecule has 0 aromatic carbocycles. The summed E-state index contributed by atoms with van der Waals surface area (Å²) in [6, 6.07) is 0. The molecule has 6 unspecified atom stereocenters. The van der Waals surface area contributed by atoms with E-state index in [1.807, 2.05) is 0 Å². The van der Waals surface area contributed by atoms with Gasteiger partial charge in [-0.25, -0.2) is 0 Å². The van der Waals surface area contributed by atoms with Crippen molar-refractivity contribution in [3.8, 4) is 0 Å². The molecule has 0 bridgehead atoms. The van der Waals surface area contributed by atoms with Gasteiger partial charge in [0.05, 0.1) is 0 Å². The summed E-state index contributed by atoms with van der Waals surface area (Å²) in [4.78, 5) is 0. The second-order valence-electron chi connectivity index (χ2n) is 15.0. The molecule has 7 fully saturated rings. The largest absolute Gasteiger partial charge is 0.0530 e. The molecule has 192 valence electrons. The summed E-state index contributed by atoms with van der Waals surface area (Å²) in [7, 11) is 0. The monoisotopic (exact) mass is 464 g/mol. The standard InChI is InChI=1S/C34H56/c1-3-15-25-23(11-1)13-9-21-27(25)33-29-17-5-7-19-31(29)34(32-20-8-6-18-30(32)33)28-22-10-14-24-12-2-4-16-26(24)28/h23-34H,1-22H2/t23-,24-,25-,26?,27?,28+,29+,30?,31?,32+,33?,34?/m0/s1. The maximum Gasteiger partial charge on any atom is -0.0321 e. The minimum Gasteiger partial charge on any atom is -0.0530 e. The summed E-state index contributed by atoms with van der Waals surface area (Å²) in [5.41, 5.74) is 0. The highest BCUT2D eigenvalue weighted by molar-refractivity contribution is 5.06. The number of hydrogen-bond donors (Lipinski definition) is 0. The molecule has 7 saturated carbocycles. The molecule has 0 radical (unpaired) electrons. The van der Waals surface area contributed by atoms with Gasteiger partial charge >= 0.3 is 0 Å². The van der Waals surface area contributed by atoms with Crippen LogP contribution in [-0.4, -0.2) is 0 Å². The minimum absolute atomic E-state index is 1.13. The topological polar surface area (TPSA) is 0 Å². The van der Waals surface area contributed by atoms with Gasteiger partial charge in [0, 0.05) is 0 Å². The molecule has 0 spiro atoms. The van der Waals surface area contributed by atoms with E-state index in [0.717, 1.165) is 71.0 Å². The van der Waals surface area contributed by atoms with E-state index < -0.39 is 0 Å². The van der Waals surface area contributed by atoms with E-state index in [0.29, 0.717) is 0 Å². The lowest BCUT2D eigenvalue weighted by Gasteiger charge is -2.63. The van der Waals surface area contributed by atoms with Crippen LogP contribution in [0.4, 0.5) is 0 Å². The van der Waals surface area contributed by atoms with E-state index >= 15 is 0 Å². The van der Waals surface area contributed by atoms with E-state index in [1.165, 1.54) is 0 Å². The summed E-state index contributed by atoms with van der Waals surface area (Å²) in [6.45, 7) is 0. The number of fused-ring (bicyclic) bond motifs is 4. The van der Waals surface area contributed by atoms with E-state index in [1.54, 1.807) is 141 Å². The Morgan fingerprint density at radius 1 is 0.206 bits per heavy atom. The minimum atomic E-state index is 1.13. The average Bonchev–Trinajstić information content (AvgIpc) is 2.91. The molecule has 0 aliphatic heterocycles. The van der Waals surface area contributed by atoms with Crippen molar-refractivity contribution in [2.24, 2.45) is 71.0 Å². The summed E-state index contributed by atoms with van der Waals surface area (Å²) in [5.74, 6) is 13.7. The molecule has 7 aliphatic rings. The van der Waals surface area contributed by atoms with E-state index in [2.05, 4.69) is 0 Å². The van der Waals surface area contributed by atoms with Crippen LogP contribution in [0.15, 0.2) is 0 Å². The van der Waals surface area contributed by atoms with Gasteiger partial charge in [0.1, 0.15) is 0 Å². The highest BCUT2D eigenvalue weighted by Crippen LogP contribution is 2.65. The van der Waals surface area contributed by atoms with Crippen molar-refractivity contribution in [2.45, 2.75) is 141 Å². The molecule has 0 nitrogen and oxygen atoms in total. The zero-order chi connectivity index (χ0) is 22.5. The molecule has 0 N–H and O–H groups in total. The Labute approximate surface area is 212 Å². The summed E-state index contributed by atoms with van der Waals surface area (Å²) in [5, 5.41) is 0. The van der Waals surface area contributed by atoms with Crippen LogP contribution in [0.2, 0.25) is 0 Å². The Morgan fingerprint density at radius 2 is 0.441 bits per heavy atom. The lowest BCUT2D eigenvalue weighted by atomic mass is 9.42. The van der Waals surface area contributed by atoms with Crippen molar-refractivity contribution in [3.05, 3.63) is 0 Å². The van der Waals surface area contributed by atoms with Crippen LogP contribution >= 0.6 is 0 Å². The third kappa shape index (κ3) is 3.97. The van der Waals surface area contributed by atoms with Crippen LogP contribution in [0.3, 0.4) is 0 Å². The third-order valence-corrected chi connectivity index (χ3v) is 14.0. The maximum absolute atomic E-state index is 1.64. The predicted molar refractivity (Wildman–Crippen MR) is 143 cm³/mol. The van der Waals surface area contributed by atoms with E-state index in [-0.39, 0.29) is 0 Å². The zero-order valence-corrected chi connectivity index (χ0v) is 22.5. The van der Waals surface area contributed by atoms with Gasteiger partial charge in [0.15, 0.2) is 0 Å². The van der Waals surface area contributed by atoms with Crippen molar-refractivity contribution < 1.29 is 0 Å². The lowest BCUT2D eigenvalue weighted by Crippen LogP contribution is -2.56. The molecule has 0 heteroatoms. The van der Waals surface area contributed by atoms with Crippen LogP contribution in [0, 0.1) is 71.0 Å². The van der Waals surface area contributed by atoms with Crippen molar-refractivity contribution >= 4 is 0 Å². The Morgan fingerprint density at radius 3 is 0.824 bits per heavy atom. The Bertz CT molecular complexity index is 594. The van der Waals surface area contributed by atoms with Gasteiger partial charge < -0.3 is 0 Å². The van der Waals surface area contributed by atoms with E-state index in [4.69, 9.17) is 0 Å². The quantitative estimate of drug-likeness (QED) is 0.381. The Hall–Kier alpha value is 0. The zero-order valence-electron chi connectivity index (χ0n) is 22.5. The third-order valence-electron chi connectivity index (χ3n) is 14.0. The van der Waals surface area contributed by atoms with Gasteiger partial charge in [-0.2, -0.15) is 0 Å². The second-order valence-corrected chi connectivity index (χ2v) is 15.0. The predicted octanol–water partition coefficient (Wildman–Crippen LogP) is 10.1. The molecule has 0 saturated heterocycles. The number of hydrogen-bond acceptors (Lipinski definition) is 0. The SMILES string of the molecule is C1CC[C@@H]2C(C1)C([C@@H]1CCC[C@@H]3CCCCC31)[C@@H]1CCCCC1C2C1CCC[C@@H]2CCCC[C@H]12. The molecule has 0 heterocycles. The smallest absolute Gasteiger partial charge is 0.0321 e. The van der Waals surface area contributed by atoms with Gasteiger partial charge in [-0.05, 0) is 122 Å². The highest BCUT2D eigenvalue weighted by atomic mass is 14.6. The van der Waals surface area contributed by atoms with Gasteiger partial charge in [-0.15, -0.1) is 0 Å². The van der Waals surface area contributed by atoms with Crippen LogP contribution in [0.1, 0.15) is 141 Å². The first-order chi connectivity index (χ1) is 16.9. The fraction of sp³-hybridized carbons (Fsp3) is 1.00. The van der Waals surface area contributed by atoms with Gasteiger partial charge in [-0.3, -0.25) is 0 Å². The summed E-state index contributed by atoms with van der Waals surface area (Å²) >= 11 is 0. The van der Waals surface area contributed by atoms with Gasteiger partial charge in [-0.1, -0.05) is 89.9 Å². The fourth-order valence-corrected chi connectivity index (χ4v) is 13.1. The molecule has 0 aromatic heterocycles. The maximum atomic E-state index is 1.64. The Kier molecular flexibility index (Phi) is 6.84. The average molecular weight is 465 g/mol. The normalized spacial score (nSPS) is 53.6. The van der Waals surface area contributed by atoms with Crippen molar-refractivity contribution in [1.29, 1.82) is 0 Å². The molecule has 34 heavy (non-hydrogen) atoms. The van der Waals surface area contributed by atoms with Crippen molar-refractivity contribution in [1.82, 2.24) is 0 Å². The van der Waals surface area contributed by atoms with Crippen molar-refractivity contribution in [3.63, 3.8) is 0 Å². The molecule has 7 rings (SSSR count). The molecular formula is C34H56. The summed E-state index contributed by atoms with van der Waals surface area (Å²) < 4.78 is 0. The van der Waals surface area contributed by atoms with Gasteiger partial charge in [0.25, 0.3) is 0 Å². The van der Waals surface area contributed by atoms with Gasteiger partial charge in [0.2, 0.25) is 0 Å². The molecule has 0 aromatic rings. The fourth-order valence-electron chi connectivity index (χ4n) is 13.1. The molecule has 0 amide bonds. The van der Waals surface area contributed by atoms with Crippen LogP contribution in [0.5, 0.6) is 0 Å². The molecular weight excluding hydrogens is 408 g/mol. The van der Waals surface area contributed by atoms with Crippen LogP contribution < -0.4 is 0 Å².